The zero-order chi connectivity index (χ0) is 18.8. The minimum absolute atomic E-state index is 0.345. The van der Waals surface area contributed by atoms with Gasteiger partial charge in [-0.05, 0) is 36.6 Å². The molecule has 4 nitrogen and oxygen atoms in total. The number of halogens is 1. The average Bonchev–Trinajstić information content (AvgIpc) is 2.69. The maximum Gasteiger partial charge on any atom is 0.138 e. The number of aromatic nitrogens is 1. The fourth-order valence-corrected chi connectivity index (χ4v) is 4.16. The molecule has 6 heteroatoms. The fraction of sp³-hybridized carbons (Fsp3) is 0.286. The lowest BCUT2D eigenvalue weighted by Gasteiger charge is -2.36. The molecule has 1 fully saturated rings. The number of anilines is 1. The molecule has 0 spiro atoms. The molecule has 4 rings (SSSR count). The van der Waals surface area contributed by atoms with E-state index >= 15 is 0 Å². The molecule has 1 aliphatic heterocycles. The van der Waals surface area contributed by atoms with Gasteiger partial charge in [0.1, 0.15) is 10.9 Å². The van der Waals surface area contributed by atoms with Crippen LogP contribution in [0, 0.1) is 0 Å². The smallest absolute Gasteiger partial charge is 0.138 e. The lowest BCUT2D eigenvalue weighted by molar-refractivity contribution is 0.249. The first-order chi connectivity index (χ1) is 13.1. The highest BCUT2D eigenvalue weighted by atomic mass is 35.5. The number of aromatic hydroxyl groups is 1. The molecule has 3 aromatic rings. The number of para-hydroxylation sites is 2. The Hall–Kier alpha value is -1.95. The summed E-state index contributed by atoms with van der Waals surface area (Å²) < 4.78 is 0. The highest BCUT2D eigenvalue weighted by molar-refractivity contribution is 7.98. The number of piperazine rings is 1. The molecule has 0 aliphatic carbocycles. The molecule has 27 heavy (non-hydrogen) atoms. The summed E-state index contributed by atoms with van der Waals surface area (Å²) in [4.78, 5) is 10.4. The van der Waals surface area contributed by atoms with Crippen molar-refractivity contribution in [2.45, 2.75) is 11.4 Å². The monoisotopic (exact) mass is 399 g/mol. The van der Waals surface area contributed by atoms with E-state index < -0.39 is 0 Å². The highest BCUT2D eigenvalue weighted by Crippen LogP contribution is 2.29. The van der Waals surface area contributed by atoms with Crippen LogP contribution in [-0.4, -0.2) is 47.4 Å². The van der Waals surface area contributed by atoms with Gasteiger partial charge in [-0.25, -0.2) is 4.98 Å². The van der Waals surface area contributed by atoms with E-state index in [1.807, 2.05) is 18.2 Å². The Balaban J connectivity index is 1.46. The van der Waals surface area contributed by atoms with Crippen molar-refractivity contribution in [1.82, 2.24) is 9.88 Å². The summed E-state index contributed by atoms with van der Waals surface area (Å²) in [5, 5.41) is 11.8. The Morgan fingerprint density at radius 3 is 2.59 bits per heavy atom. The number of phenolic OH excluding ortho intramolecular Hbond substituents is 1. The second-order valence-corrected chi connectivity index (χ2v) is 7.99. The molecule has 2 heterocycles. The van der Waals surface area contributed by atoms with Gasteiger partial charge < -0.3 is 10.0 Å². The van der Waals surface area contributed by atoms with Crippen LogP contribution in [0.5, 0.6) is 5.75 Å². The van der Waals surface area contributed by atoms with E-state index in [2.05, 4.69) is 45.3 Å². The number of phenols is 1. The maximum absolute atomic E-state index is 10.1. The van der Waals surface area contributed by atoms with Crippen LogP contribution in [-0.2, 0) is 6.54 Å². The summed E-state index contributed by atoms with van der Waals surface area (Å²) in [6.45, 7) is 4.41. The molecule has 1 aliphatic rings. The first kappa shape index (κ1) is 18.4. The Morgan fingerprint density at radius 2 is 1.85 bits per heavy atom. The molecular formula is C21H22ClN3OS. The summed E-state index contributed by atoms with van der Waals surface area (Å²) in [5.41, 5.74) is 2.92. The predicted molar refractivity (Wildman–Crippen MR) is 114 cm³/mol. The maximum atomic E-state index is 10.1. The summed E-state index contributed by atoms with van der Waals surface area (Å²) >= 11 is 8.18. The summed E-state index contributed by atoms with van der Waals surface area (Å²) in [6.07, 6.45) is 2.06. The number of hydrogen-bond acceptors (Lipinski definition) is 5. The highest BCUT2D eigenvalue weighted by Gasteiger charge is 2.20. The van der Waals surface area contributed by atoms with Crippen molar-refractivity contribution < 1.29 is 5.11 Å². The minimum atomic E-state index is 0.345. The van der Waals surface area contributed by atoms with Crippen molar-refractivity contribution in [3.63, 3.8) is 0 Å². The van der Waals surface area contributed by atoms with E-state index in [-0.39, 0.29) is 0 Å². The van der Waals surface area contributed by atoms with Gasteiger partial charge in [0.05, 0.1) is 11.2 Å². The predicted octanol–water partition coefficient (Wildman–Crippen LogP) is 4.64. The third kappa shape index (κ3) is 4.00. The number of benzene rings is 2. The van der Waals surface area contributed by atoms with Crippen LogP contribution in [0.3, 0.4) is 0 Å². The molecule has 0 saturated carbocycles. The first-order valence-electron chi connectivity index (χ1n) is 9.02. The average molecular weight is 400 g/mol. The molecule has 1 N–H and O–H groups in total. The van der Waals surface area contributed by atoms with Crippen LogP contribution >= 0.6 is 23.4 Å². The van der Waals surface area contributed by atoms with Gasteiger partial charge in [0.25, 0.3) is 0 Å². The van der Waals surface area contributed by atoms with Gasteiger partial charge in [0, 0.05) is 48.6 Å². The van der Waals surface area contributed by atoms with Crippen LogP contribution in [0.4, 0.5) is 5.69 Å². The second kappa shape index (κ2) is 7.97. The molecular weight excluding hydrogens is 378 g/mol. The lowest BCUT2D eigenvalue weighted by Crippen LogP contribution is -2.46. The van der Waals surface area contributed by atoms with Crippen molar-refractivity contribution in [1.29, 1.82) is 0 Å². The van der Waals surface area contributed by atoms with Gasteiger partial charge in [0.15, 0.2) is 0 Å². The summed E-state index contributed by atoms with van der Waals surface area (Å²) in [7, 11) is 0. The van der Waals surface area contributed by atoms with Crippen LogP contribution in [0.15, 0.2) is 53.4 Å². The van der Waals surface area contributed by atoms with Crippen molar-refractivity contribution in [2.75, 3.05) is 37.3 Å². The largest absolute Gasteiger partial charge is 0.506 e. The van der Waals surface area contributed by atoms with Crippen molar-refractivity contribution in [3.8, 4) is 5.75 Å². The van der Waals surface area contributed by atoms with Crippen molar-refractivity contribution in [2.24, 2.45) is 0 Å². The number of pyridine rings is 1. The number of rotatable bonds is 4. The normalized spacial score (nSPS) is 15.4. The Kier molecular flexibility index (Phi) is 5.43. The summed E-state index contributed by atoms with van der Waals surface area (Å²) in [5.74, 6) is 0.345. The first-order valence-corrected chi connectivity index (χ1v) is 10.6. The van der Waals surface area contributed by atoms with Gasteiger partial charge in [-0.15, -0.1) is 11.8 Å². The van der Waals surface area contributed by atoms with Crippen LogP contribution in [0.2, 0.25) is 5.15 Å². The molecule has 0 atom stereocenters. The molecule has 140 valence electrons. The number of fused-ring (bicyclic) bond motifs is 1. The van der Waals surface area contributed by atoms with Crippen LogP contribution in [0.1, 0.15) is 5.56 Å². The molecule has 2 aromatic carbocycles. The fourth-order valence-electron chi connectivity index (χ4n) is 3.52. The Morgan fingerprint density at radius 1 is 1.07 bits per heavy atom. The number of nitrogens with zero attached hydrogens (tertiary/aromatic N) is 3. The minimum Gasteiger partial charge on any atom is -0.506 e. The summed E-state index contributed by atoms with van der Waals surface area (Å²) in [6, 6.07) is 16.0. The van der Waals surface area contributed by atoms with E-state index in [9.17, 15) is 5.11 Å². The molecule has 0 bridgehead atoms. The van der Waals surface area contributed by atoms with Gasteiger partial charge in [-0.1, -0.05) is 29.8 Å². The van der Waals surface area contributed by atoms with Gasteiger partial charge in [0.2, 0.25) is 0 Å². The Labute approximate surface area is 168 Å². The van der Waals surface area contributed by atoms with Crippen molar-refractivity contribution >= 4 is 40.0 Å². The SMILES string of the molecule is CSc1ccc2cc(CN3CCN(c4ccccc4O)CC3)c(Cl)nc2c1. The zero-order valence-electron chi connectivity index (χ0n) is 15.2. The Bertz CT molecular complexity index is 957. The van der Waals surface area contributed by atoms with Crippen LogP contribution < -0.4 is 4.90 Å². The van der Waals surface area contributed by atoms with E-state index in [1.54, 1.807) is 17.8 Å². The van der Waals surface area contributed by atoms with Gasteiger partial charge in [-0.3, -0.25) is 4.90 Å². The molecule has 0 radical (unpaired) electrons. The van der Waals surface area contributed by atoms with Crippen LogP contribution in [0.25, 0.3) is 10.9 Å². The second-order valence-electron chi connectivity index (χ2n) is 6.75. The number of thioether (sulfide) groups is 1. The molecule has 1 aromatic heterocycles. The zero-order valence-corrected chi connectivity index (χ0v) is 16.8. The molecule has 1 saturated heterocycles. The van der Waals surface area contributed by atoms with Gasteiger partial charge in [-0.2, -0.15) is 0 Å². The quantitative estimate of drug-likeness (QED) is 0.511. The topological polar surface area (TPSA) is 39.6 Å². The van der Waals surface area contributed by atoms with E-state index in [0.29, 0.717) is 10.9 Å². The van der Waals surface area contributed by atoms with E-state index in [0.717, 1.165) is 54.9 Å². The third-order valence-electron chi connectivity index (χ3n) is 5.04. The van der Waals surface area contributed by atoms with Crippen molar-refractivity contribution in [3.05, 3.63) is 59.2 Å². The standard InChI is InChI=1S/C21H22ClN3OS/c1-27-17-7-6-15-12-16(21(22)23-18(15)13-17)14-24-8-10-25(11-9-24)19-4-2-3-5-20(19)26/h2-7,12-13,26H,8-11,14H2,1H3. The lowest BCUT2D eigenvalue weighted by atomic mass is 10.1. The van der Waals surface area contributed by atoms with E-state index in [4.69, 9.17) is 11.6 Å². The number of hydrogen-bond donors (Lipinski definition) is 1. The third-order valence-corrected chi connectivity index (χ3v) is 6.09. The molecule has 0 unspecified atom stereocenters. The van der Waals surface area contributed by atoms with E-state index in [1.165, 1.54) is 4.90 Å². The molecule has 0 amide bonds. The van der Waals surface area contributed by atoms with Gasteiger partial charge >= 0.3 is 0 Å².